The number of carbonyl (C=O) groups excluding carboxylic acids is 1. The molecule has 0 fully saturated rings. The van der Waals surface area contributed by atoms with Gasteiger partial charge in [-0.3, -0.25) is 9.63 Å². The molecule has 48 valence electrons. The van der Waals surface area contributed by atoms with Gasteiger partial charge in [-0.25, -0.2) is 5.90 Å². The van der Waals surface area contributed by atoms with E-state index >= 15 is 0 Å². The number of hydrogen-bond donors (Lipinski definition) is 2. The number of amides is 1. The summed E-state index contributed by atoms with van der Waals surface area (Å²) in [6, 6.07) is 0. The Balaban J connectivity index is 3.06. The highest BCUT2D eigenvalue weighted by atomic mass is 16.6. The van der Waals surface area contributed by atoms with Crippen LogP contribution in [0.5, 0.6) is 0 Å². The van der Waals surface area contributed by atoms with Gasteiger partial charge in [0, 0.05) is 6.54 Å². The smallest absolute Gasteiger partial charge is 0.248 e. The molecule has 0 rings (SSSR count). The predicted octanol–water partition coefficient (Wildman–Crippen LogP) is -0.987. The SMILES string of the molecule is CCNC(=O)CON. The monoisotopic (exact) mass is 118 g/mol. The second-order valence-electron chi connectivity index (χ2n) is 1.26. The standard InChI is InChI=1S/C4H10N2O2/c1-2-6-4(7)3-8-5/h2-3,5H2,1H3,(H,6,7). The zero-order valence-corrected chi connectivity index (χ0v) is 4.81. The number of hydrogen-bond acceptors (Lipinski definition) is 3. The molecular weight excluding hydrogens is 108 g/mol. The predicted molar refractivity (Wildman–Crippen MR) is 28.8 cm³/mol. The average Bonchev–Trinajstić information content (AvgIpc) is 1.68. The summed E-state index contributed by atoms with van der Waals surface area (Å²) in [5.74, 6) is 4.41. The minimum Gasteiger partial charge on any atom is -0.354 e. The summed E-state index contributed by atoms with van der Waals surface area (Å²) in [6.07, 6.45) is 0. The van der Waals surface area contributed by atoms with Gasteiger partial charge in [-0.1, -0.05) is 0 Å². The summed E-state index contributed by atoms with van der Waals surface area (Å²) in [6.45, 7) is 2.38. The molecule has 0 atom stereocenters. The zero-order valence-electron chi connectivity index (χ0n) is 4.81. The van der Waals surface area contributed by atoms with Gasteiger partial charge in [0.05, 0.1) is 0 Å². The first-order chi connectivity index (χ1) is 3.81. The van der Waals surface area contributed by atoms with E-state index in [1.807, 2.05) is 6.92 Å². The summed E-state index contributed by atoms with van der Waals surface area (Å²) in [5.41, 5.74) is 0. The largest absolute Gasteiger partial charge is 0.354 e. The van der Waals surface area contributed by atoms with E-state index in [-0.39, 0.29) is 12.5 Å². The lowest BCUT2D eigenvalue weighted by Gasteiger charge is -1.96. The van der Waals surface area contributed by atoms with Gasteiger partial charge in [0.15, 0.2) is 0 Å². The van der Waals surface area contributed by atoms with Gasteiger partial charge in [0.25, 0.3) is 0 Å². The van der Waals surface area contributed by atoms with Gasteiger partial charge in [-0.15, -0.1) is 0 Å². The Bertz CT molecular complexity index is 66.4. The second-order valence-corrected chi connectivity index (χ2v) is 1.26. The molecule has 3 N–H and O–H groups in total. The van der Waals surface area contributed by atoms with Crippen LogP contribution in [0.15, 0.2) is 0 Å². The van der Waals surface area contributed by atoms with Crippen LogP contribution in [0.25, 0.3) is 0 Å². The minimum absolute atomic E-state index is 0.0617. The summed E-state index contributed by atoms with van der Waals surface area (Å²) < 4.78 is 0. The van der Waals surface area contributed by atoms with Crippen LogP contribution in [0.3, 0.4) is 0 Å². The Morgan fingerprint density at radius 1 is 1.88 bits per heavy atom. The Labute approximate surface area is 48.0 Å². The number of carbonyl (C=O) groups is 1. The van der Waals surface area contributed by atoms with Crippen LogP contribution in [0, 0.1) is 0 Å². The van der Waals surface area contributed by atoms with Gasteiger partial charge >= 0.3 is 0 Å². The molecule has 8 heavy (non-hydrogen) atoms. The highest BCUT2D eigenvalue weighted by Crippen LogP contribution is 1.63. The summed E-state index contributed by atoms with van der Waals surface area (Å²) in [5, 5.41) is 2.50. The molecule has 4 nitrogen and oxygen atoms in total. The van der Waals surface area contributed by atoms with Gasteiger partial charge in [-0.2, -0.15) is 0 Å². The van der Waals surface area contributed by atoms with Gasteiger partial charge in [0.2, 0.25) is 5.91 Å². The van der Waals surface area contributed by atoms with Crippen molar-refractivity contribution in [1.82, 2.24) is 5.32 Å². The van der Waals surface area contributed by atoms with Gasteiger partial charge in [0.1, 0.15) is 6.61 Å². The van der Waals surface area contributed by atoms with Crippen molar-refractivity contribution in [1.29, 1.82) is 0 Å². The molecule has 1 amide bonds. The second kappa shape index (κ2) is 4.55. The molecule has 0 aromatic heterocycles. The Morgan fingerprint density at radius 2 is 2.50 bits per heavy atom. The first-order valence-corrected chi connectivity index (χ1v) is 2.39. The van der Waals surface area contributed by atoms with E-state index in [4.69, 9.17) is 0 Å². The maximum atomic E-state index is 10.3. The lowest BCUT2D eigenvalue weighted by molar-refractivity contribution is -0.125. The van der Waals surface area contributed by atoms with Crippen LogP contribution in [0.2, 0.25) is 0 Å². The van der Waals surface area contributed by atoms with Crippen LogP contribution < -0.4 is 11.2 Å². The maximum absolute atomic E-state index is 10.3. The Hall–Kier alpha value is -0.610. The molecule has 0 heterocycles. The normalized spacial score (nSPS) is 8.75. The molecule has 0 spiro atoms. The summed E-state index contributed by atoms with van der Waals surface area (Å²) in [7, 11) is 0. The first-order valence-electron chi connectivity index (χ1n) is 2.39. The quantitative estimate of drug-likeness (QED) is 0.468. The van der Waals surface area contributed by atoms with E-state index in [0.29, 0.717) is 6.54 Å². The molecule has 0 unspecified atom stereocenters. The van der Waals surface area contributed by atoms with Gasteiger partial charge < -0.3 is 5.32 Å². The van der Waals surface area contributed by atoms with Crippen LogP contribution >= 0.6 is 0 Å². The summed E-state index contributed by atoms with van der Waals surface area (Å²) >= 11 is 0. The van der Waals surface area contributed by atoms with Crippen molar-refractivity contribution in [2.75, 3.05) is 13.2 Å². The Morgan fingerprint density at radius 3 is 2.88 bits per heavy atom. The maximum Gasteiger partial charge on any atom is 0.248 e. The van der Waals surface area contributed by atoms with Crippen molar-refractivity contribution >= 4 is 5.91 Å². The van der Waals surface area contributed by atoms with Crippen molar-refractivity contribution in [2.45, 2.75) is 6.92 Å². The molecule has 0 aliphatic rings. The van der Waals surface area contributed by atoms with E-state index in [1.54, 1.807) is 0 Å². The topological polar surface area (TPSA) is 64.3 Å². The third-order valence-electron chi connectivity index (χ3n) is 0.588. The molecular formula is C4H10N2O2. The molecule has 0 aromatic rings. The number of likely N-dealkylation sites (N-methyl/N-ethyl adjacent to an activating group) is 1. The average molecular weight is 118 g/mol. The lowest BCUT2D eigenvalue weighted by Crippen LogP contribution is -2.28. The van der Waals surface area contributed by atoms with Crippen molar-refractivity contribution in [3.63, 3.8) is 0 Å². The molecule has 0 saturated heterocycles. The molecule has 4 heteroatoms. The highest BCUT2D eigenvalue weighted by Gasteiger charge is 1.93. The number of nitrogens with one attached hydrogen (secondary N) is 1. The van der Waals surface area contributed by atoms with E-state index in [2.05, 4.69) is 16.1 Å². The van der Waals surface area contributed by atoms with Gasteiger partial charge in [-0.05, 0) is 6.92 Å². The fourth-order valence-electron chi connectivity index (χ4n) is 0.324. The van der Waals surface area contributed by atoms with E-state index < -0.39 is 0 Å². The fraction of sp³-hybridized carbons (Fsp3) is 0.750. The molecule has 0 aliphatic carbocycles. The van der Waals surface area contributed by atoms with Crippen molar-refractivity contribution in [2.24, 2.45) is 5.90 Å². The van der Waals surface area contributed by atoms with E-state index in [1.165, 1.54) is 0 Å². The first kappa shape index (κ1) is 7.39. The zero-order chi connectivity index (χ0) is 6.41. The van der Waals surface area contributed by atoms with Crippen molar-refractivity contribution in [3.05, 3.63) is 0 Å². The molecule has 0 saturated carbocycles. The summed E-state index contributed by atoms with van der Waals surface area (Å²) in [4.78, 5) is 14.4. The van der Waals surface area contributed by atoms with Crippen LogP contribution in [0.4, 0.5) is 0 Å². The lowest BCUT2D eigenvalue weighted by atomic mass is 10.6. The van der Waals surface area contributed by atoms with Crippen LogP contribution in [0.1, 0.15) is 6.92 Å². The molecule has 0 aliphatic heterocycles. The highest BCUT2D eigenvalue weighted by molar-refractivity contribution is 5.76. The van der Waals surface area contributed by atoms with Crippen molar-refractivity contribution < 1.29 is 9.63 Å². The third kappa shape index (κ3) is 3.58. The van der Waals surface area contributed by atoms with Crippen molar-refractivity contribution in [3.8, 4) is 0 Å². The molecule has 0 radical (unpaired) electrons. The molecule has 0 bridgehead atoms. The number of rotatable bonds is 3. The van der Waals surface area contributed by atoms with E-state index in [9.17, 15) is 4.79 Å². The molecule has 0 aromatic carbocycles. The Kier molecular flexibility index (Phi) is 4.20. The third-order valence-corrected chi connectivity index (χ3v) is 0.588. The van der Waals surface area contributed by atoms with E-state index in [0.717, 1.165) is 0 Å². The number of nitrogens with two attached hydrogens (primary N) is 1. The van der Waals surface area contributed by atoms with Crippen LogP contribution in [-0.2, 0) is 9.63 Å². The fourth-order valence-corrected chi connectivity index (χ4v) is 0.324. The minimum atomic E-state index is -0.185. The van der Waals surface area contributed by atoms with Crippen LogP contribution in [-0.4, -0.2) is 19.1 Å².